The zero-order valence-corrected chi connectivity index (χ0v) is 19.2. The Morgan fingerprint density at radius 1 is 1.09 bits per heavy atom. The molecule has 1 aliphatic heterocycles. The number of sulfonamides is 1. The van der Waals surface area contributed by atoms with Crippen LogP contribution in [0, 0.1) is 0 Å². The molecular weight excluding hydrogens is 442 g/mol. The highest BCUT2D eigenvalue weighted by molar-refractivity contribution is 7.92. The number of piperidine rings is 1. The van der Waals surface area contributed by atoms with Crippen LogP contribution in [0.5, 0.6) is 0 Å². The standard InChI is InChI=1S/C24H27N3O5S/c1-2-24(15-12-21(28)27-23(24)30)19-8-10-20(11-9-19)26-22(29)13-16-25-33(31,32)17-14-18-6-4-3-5-7-18/h3-11,14,17,25H,2,12-13,15-16H2,1H3,(H,26,29)(H,27,28,30)/b17-14+. The van der Waals surface area contributed by atoms with Gasteiger partial charge in [0.25, 0.3) is 0 Å². The van der Waals surface area contributed by atoms with E-state index in [1.165, 1.54) is 6.08 Å². The fourth-order valence-corrected chi connectivity index (χ4v) is 4.57. The summed E-state index contributed by atoms with van der Waals surface area (Å²) in [6.07, 6.45) is 2.73. The van der Waals surface area contributed by atoms with Crippen LogP contribution in [-0.4, -0.2) is 32.7 Å². The molecule has 0 aromatic heterocycles. The van der Waals surface area contributed by atoms with Crippen molar-refractivity contribution in [3.63, 3.8) is 0 Å². The number of anilines is 1. The van der Waals surface area contributed by atoms with Gasteiger partial charge < -0.3 is 5.32 Å². The Balaban J connectivity index is 1.52. The zero-order valence-electron chi connectivity index (χ0n) is 18.3. The number of hydrogen-bond donors (Lipinski definition) is 3. The third-order valence-electron chi connectivity index (χ3n) is 5.69. The van der Waals surface area contributed by atoms with Gasteiger partial charge in [0.15, 0.2) is 0 Å². The van der Waals surface area contributed by atoms with Crippen molar-refractivity contribution in [2.24, 2.45) is 0 Å². The van der Waals surface area contributed by atoms with Crippen LogP contribution >= 0.6 is 0 Å². The van der Waals surface area contributed by atoms with E-state index >= 15 is 0 Å². The van der Waals surface area contributed by atoms with E-state index in [9.17, 15) is 22.8 Å². The molecular formula is C24H27N3O5S. The second kappa shape index (κ2) is 10.5. The van der Waals surface area contributed by atoms with Gasteiger partial charge in [0.05, 0.1) is 5.41 Å². The lowest BCUT2D eigenvalue weighted by molar-refractivity contribution is -0.138. The van der Waals surface area contributed by atoms with E-state index in [2.05, 4.69) is 15.4 Å². The Labute approximate surface area is 193 Å². The molecule has 8 nitrogen and oxygen atoms in total. The Morgan fingerprint density at radius 2 is 1.79 bits per heavy atom. The number of benzene rings is 2. The van der Waals surface area contributed by atoms with E-state index in [1.54, 1.807) is 36.4 Å². The number of nitrogens with one attached hydrogen (secondary N) is 3. The fourth-order valence-electron chi connectivity index (χ4n) is 3.75. The van der Waals surface area contributed by atoms with Crippen LogP contribution in [0.25, 0.3) is 6.08 Å². The van der Waals surface area contributed by atoms with Crippen molar-refractivity contribution >= 4 is 39.5 Å². The van der Waals surface area contributed by atoms with E-state index < -0.39 is 15.4 Å². The highest BCUT2D eigenvalue weighted by atomic mass is 32.2. The normalized spacial score (nSPS) is 18.8. The minimum absolute atomic E-state index is 0.0381. The van der Waals surface area contributed by atoms with Crippen molar-refractivity contribution in [1.29, 1.82) is 0 Å². The number of hydrogen-bond acceptors (Lipinski definition) is 5. The average molecular weight is 470 g/mol. The highest BCUT2D eigenvalue weighted by Gasteiger charge is 2.42. The van der Waals surface area contributed by atoms with Gasteiger partial charge >= 0.3 is 0 Å². The Bertz CT molecular complexity index is 1140. The Hall–Kier alpha value is -3.30. The Kier molecular flexibility index (Phi) is 7.78. The molecule has 1 unspecified atom stereocenters. The highest BCUT2D eigenvalue weighted by Crippen LogP contribution is 2.36. The van der Waals surface area contributed by atoms with Crippen LogP contribution < -0.4 is 15.4 Å². The van der Waals surface area contributed by atoms with Gasteiger partial charge in [-0.25, -0.2) is 13.1 Å². The second-order valence-corrected chi connectivity index (χ2v) is 9.49. The molecule has 0 saturated carbocycles. The van der Waals surface area contributed by atoms with Crippen LogP contribution in [-0.2, 0) is 29.8 Å². The van der Waals surface area contributed by atoms with E-state index in [-0.39, 0.29) is 37.1 Å². The maximum Gasteiger partial charge on any atom is 0.237 e. The largest absolute Gasteiger partial charge is 0.326 e. The van der Waals surface area contributed by atoms with Crippen molar-refractivity contribution in [1.82, 2.24) is 10.0 Å². The summed E-state index contributed by atoms with van der Waals surface area (Å²) >= 11 is 0. The van der Waals surface area contributed by atoms with Gasteiger partial charge in [0.2, 0.25) is 27.7 Å². The first kappa shape index (κ1) is 24.3. The van der Waals surface area contributed by atoms with Crippen LogP contribution in [0.3, 0.4) is 0 Å². The average Bonchev–Trinajstić information content (AvgIpc) is 2.79. The van der Waals surface area contributed by atoms with Crippen molar-refractivity contribution < 1.29 is 22.8 Å². The molecule has 33 heavy (non-hydrogen) atoms. The molecule has 174 valence electrons. The minimum Gasteiger partial charge on any atom is -0.326 e. The van der Waals surface area contributed by atoms with E-state index in [0.29, 0.717) is 18.5 Å². The Morgan fingerprint density at radius 3 is 2.42 bits per heavy atom. The molecule has 1 saturated heterocycles. The number of carbonyl (C=O) groups is 3. The van der Waals surface area contributed by atoms with Gasteiger partial charge in [0, 0.05) is 30.5 Å². The molecule has 0 aliphatic carbocycles. The quantitative estimate of drug-likeness (QED) is 0.488. The second-order valence-electron chi connectivity index (χ2n) is 7.84. The van der Waals surface area contributed by atoms with Gasteiger partial charge in [-0.05, 0) is 42.2 Å². The minimum atomic E-state index is -3.66. The molecule has 1 atom stereocenters. The number of amides is 3. The lowest BCUT2D eigenvalue weighted by Gasteiger charge is -2.35. The summed E-state index contributed by atoms with van der Waals surface area (Å²) < 4.78 is 26.5. The molecule has 3 amide bonds. The lowest BCUT2D eigenvalue weighted by Crippen LogP contribution is -2.51. The molecule has 1 heterocycles. The van der Waals surface area contributed by atoms with Crippen LogP contribution in [0.15, 0.2) is 60.0 Å². The first-order valence-electron chi connectivity index (χ1n) is 10.7. The number of carbonyl (C=O) groups excluding carboxylic acids is 3. The monoisotopic (exact) mass is 469 g/mol. The number of imide groups is 1. The fraction of sp³-hybridized carbons (Fsp3) is 0.292. The SMILES string of the molecule is CCC1(c2ccc(NC(=O)CCNS(=O)(=O)/C=C/c3ccccc3)cc2)CCC(=O)NC1=O. The topological polar surface area (TPSA) is 121 Å². The van der Waals surface area contributed by atoms with E-state index in [0.717, 1.165) is 16.5 Å². The maximum absolute atomic E-state index is 12.5. The van der Waals surface area contributed by atoms with Crippen LogP contribution in [0.1, 0.15) is 43.7 Å². The molecule has 0 radical (unpaired) electrons. The molecule has 3 rings (SSSR count). The van der Waals surface area contributed by atoms with Crippen molar-refractivity contribution in [3.8, 4) is 0 Å². The third kappa shape index (κ3) is 6.36. The van der Waals surface area contributed by atoms with Gasteiger partial charge in [0.1, 0.15) is 0 Å². The lowest BCUT2D eigenvalue weighted by atomic mass is 9.72. The molecule has 2 aromatic carbocycles. The summed E-state index contributed by atoms with van der Waals surface area (Å²) in [6.45, 7) is 1.86. The van der Waals surface area contributed by atoms with Gasteiger partial charge in [-0.2, -0.15) is 0 Å². The van der Waals surface area contributed by atoms with Gasteiger partial charge in [-0.15, -0.1) is 0 Å². The van der Waals surface area contributed by atoms with Crippen molar-refractivity contribution in [3.05, 3.63) is 71.1 Å². The van der Waals surface area contributed by atoms with Crippen LogP contribution in [0.4, 0.5) is 5.69 Å². The molecule has 1 aliphatic rings. The summed E-state index contributed by atoms with van der Waals surface area (Å²) in [6, 6.07) is 16.0. The molecule has 3 N–H and O–H groups in total. The van der Waals surface area contributed by atoms with Gasteiger partial charge in [-0.1, -0.05) is 49.4 Å². The number of rotatable bonds is 9. The molecule has 0 bridgehead atoms. The predicted molar refractivity (Wildman–Crippen MR) is 126 cm³/mol. The smallest absolute Gasteiger partial charge is 0.237 e. The first-order valence-corrected chi connectivity index (χ1v) is 12.3. The van der Waals surface area contributed by atoms with Crippen molar-refractivity contribution in [2.45, 2.75) is 38.0 Å². The van der Waals surface area contributed by atoms with Gasteiger partial charge in [-0.3, -0.25) is 19.7 Å². The molecule has 0 spiro atoms. The van der Waals surface area contributed by atoms with Crippen molar-refractivity contribution in [2.75, 3.05) is 11.9 Å². The molecule has 2 aromatic rings. The first-order chi connectivity index (χ1) is 15.7. The summed E-state index contributed by atoms with van der Waals surface area (Å²) in [7, 11) is -3.66. The van der Waals surface area contributed by atoms with Crippen LogP contribution in [0.2, 0.25) is 0 Å². The predicted octanol–water partition coefficient (Wildman–Crippen LogP) is 2.69. The summed E-state index contributed by atoms with van der Waals surface area (Å²) in [5.74, 6) is -0.908. The maximum atomic E-state index is 12.5. The summed E-state index contributed by atoms with van der Waals surface area (Å²) in [4.78, 5) is 36.2. The zero-order chi connectivity index (χ0) is 23.9. The van der Waals surface area contributed by atoms with E-state index in [1.807, 2.05) is 25.1 Å². The molecule has 1 fully saturated rings. The third-order valence-corrected chi connectivity index (χ3v) is 6.79. The summed E-state index contributed by atoms with van der Waals surface area (Å²) in [5.41, 5.74) is 1.31. The van der Waals surface area contributed by atoms with E-state index in [4.69, 9.17) is 0 Å². The summed E-state index contributed by atoms with van der Waals surface area (Å²) in [5, 5.41) is 6.20. The molecule has 9 heteroatoms.